The normalized spacial score (nSPS) is 20.1. The number of rotatable bonds is 17. The lowest BCUT2D eigenvalue weighted by atomic mass is 9.99. The monoisotopic (exact) mass is 1170 g/mol. The molecule has 0 saturated carbocycles. The van der Waals surface area contributed by atoms with Crippen LogP contribution in [0.2, 0.25) is 0 Å². The second-order valence-corrected chi connectivity index (χ2v) is 20.3. The molecule has 0 radical (unpaired) electrons. The molecule has 7 atom stereocenters. The van der Waals surface area contributed by atoms with E-state index < -0.39 is 95.8 Å². The van der Waals surface area contributed by atoms with Gasteiger partial charge in [0.15, 0.2) is 0 Å². The topological polar surface area (TPSA) is 356 Å². The second kappa shape index (κ2) is 32.9. The molecule has 2 saturated heterocycles. The number of carboxylic acid groups (broad SMARTS) is 2. The number of nitrogens with zero attached hydrogens (tertiary/aromatic N) is 1. The maximum Gasteiger partial charge on any atom is 0.407 e. The van der Waals surface area contributed by atoms with Gasteiger partial charge in [-0.2, -0.15) is 0 Å². The van der Waals surface area contributed by atoms with Gasteiger partial charge in [-0.25, -0.2) is 4.79 Å². The highest BCUT2D eigenvalue weighted by atomic mass is 16.6. The fraction of sp³-hybridized carbons (Fsp3) is 0.339. The summed E-state index contributed by atoms with van der Waals surface area (Å²) >= 11 is 0. The number of carbonyl (C=O) groups excluding carboxylic acids is 7. The Balaban J connectivity index is 0.00000136. The molecule has 1 aromatic heterocycles. The van der Waals surface area contributed by atoms with Crippen LogP contribution in [-0.2, 0) is 69.0 Å². The first-order valence-corrected chi connectivity index (χ1v) is 27.9. The van der Waals surface area contributed by atoms with Crippen LogP contribution >= 0.6 is 0 Å². The van der Waals surface area contributed by atoms with E-state index in [-0.39, 0.29) is 51.7 Å². The highest BCUT2D eigenvalue weighted by Crippen LogP contribution is 2.26. The van der Waals surface area contributed by atoms with Crippen molar-refractivity contribution >= 4 is 64.4 Å². The number of aliphatic carboxylic acids is 2. The van der Waals surface area contributed by atoms with E-state index in [0.717, 1.165) is 30.3 Å². The number of nitrogens with one attached hydrogen (secondary N) is 7. The molecule has 2 aliphatic rings. The van der Waals surface area contributed by atoms with Gasteiger partial charge in [-0.3, -0.25) is 38.4 Å². The molecule has 450 valence electrons. The third-order valence-electron chi connectivity index (χ3n) is 13.7. The SMILES string of the molecule is CC(=O)O.CC(=O)O.NCCCC[C@@H]1NC(=O)[C@@H](Cc2c[nH]c3ccccc23)NC(=O)[C@H](c2ccccc2)NC(=O)[C@@H]2C[C@@H](OC(=O)NCCN)CN2C(=O)[C@H](Cc2ccccc2)NC(=O)[C@H](Cc2ccc(OCc3ccccc3)cc2)NC1=O. The van der Waals surface area contributed by atoms with Gasteiger partial charge < -0.3 is 72.9 Å². The van der Waals surface area contributed by atoms with Crippen LogP contribution in [0.4, 0.5) is 4.79 Å². The smallest absolute Gasteiger partial charge is 0.407 e. The number of hydrogen-bond donors (Lipinski definition) is 11. The van der Waals surface area contributed by atoms with E-state index in [0.29, 0.717) is 54.0 Å². The van der Waals surface area contributed by atoms with Crippen LogP contribution in [0.25, 0.3) is 10.9 Å². The minimum Gasteiger partial charge on any atom is -0.489 e. The van der Waals surface area contributed by atoms with Crippen molar-refractivity contribution in [2.45, 2.75) is 108 Å². The van der Waals surface area contributed by atoms with Crippen molar-refractivity contribution in [3.63, 3.8) is 0 Å². The molecule has 8 rings (SSSR count). The Bertz CT molecular complexity index is 3170. The Morgan fingerprint density at radius 1 is 0.588 bits per heavy atom. The number of amides is 7. The molecular formula is C62H74N10O13. The first-order chi connectivity index (χ1) is 40.9. The summed E-state index contributed by atoms with van der Waals surface area (Å²) in [5.41, 5.74) is 15.7. The Morgan fingerprint density at radius 2 is 1.12 bits per heavy atom. The van der Waals surface area contributed by atoms with Gasteiger partial charge in [-0.15, -0.1) is 0 Å². The number of carbonyl (C=O) groups is 9. The van der Waals surface area contributed by atoms with Crippen LogP contribution < -0.4 is 48.1 Å². The Kier molecular flexibility index (Phi) is 25.0. The molecule has 6 aromatic rings. The molecule has 0 unspecified atom stereocenters. The summed E-state index contributed by atoms with van der Waals surface area (Å²) in [4.78, 5) is 125. The van der Waals surface area contributed by atoms with E-state index in [2.05, 4.69) is 36.9 Å². The Labute approximate surface area is 492 Å². The van der Waals surface area contributed by atoms with Gasteiger partial charge in [0.1, 0.15) is 54.7 Å². The van der Waals surface area contributed by atoms with Crippen LogP contribution in [0.3, 0.4) is 0 Å². The van der Waals surface area contributed by atoms with Gasteiger partial charge in [0.2, 0.25) is 35.4 Å². The first kappa shape index (κ1) is 64.6. The van der Waals surface area contributed by atoms with Crippen molar-refractivity contribution in [2.75, 3.05) is 26.2 Å². The van der Waals surface area contributed by atoms with E-state index in [1.165, 1.54) is 4.90 Å². The molecule has 23 heteroatoms. The van der Waals surface area contributed by atoms with Crippen molar-refractivity contribution in [1.29, 1.82) is 0 Å². The molecule has 2 aliphatic heterocycles. The molecule has 0 spiro atoms. The summed E-state index contributed by atoms with van der Waals surface area (Å²) in [5.74, 6) is -5.43. The van der Waals surface area contributed by atoms with Crippen LogP contribution in [-0.4, -0.2) is 136 Å². The van der Waals surface area contributed by atoms with Crippen molar-refractivity contribution in [3.8, 4) is 5.75 Å². The summed E-state index contributed by atoms with van der Waals surface area (Å²) in [7, 11) is 0. The van der Waals surface area contributed by atoms with Gasteiger partial charge in [-0.05, 0) is 71.8 Å². The van der Waals surface area contributed by atoms with E-state index in [4.69, 9.17) is 40.7 Å². The number of hydrogen-bond acceptors (Lipinski definition) is 13. The lowest BCUT2D eigenvalue weighted by molar-refractivity contribution is -0.143. The first-order valence-electron chi connectivity index (χ1n) is 27.9. The van der Waals surface area contributed by atoms with E-state index >= 15 is 9.59 Å². The number of aromatic amines is 1. The predicted octanol–water partition coefficient (Wildman–Crippen LogP) is 3.55. The number of para-hydroxylation sites is 1. The zero-order valence-corrected chi connectivity index (χ0v) is 47.4. The largest absolute Gasteiger partial charge is 0.489 e. The maximum absolute atomic E-state index is 15.3. The number of aromatic nitrogens is 1. The molecule has 2 fully saturated rings. The summed E-state index contributed by atoms with van der Waals surface area (Å²) in [5, 5.41) is 32.7. The van der Waals surface area contributed by atoms with Crippen LogP contribution in [0.15, 0.2) is 146 Å². The van der Waals surface area contributed by atoms with Crippen molar-refractivity contribution in [1.82, 2.24) is 41.8 Å². The van der Waals surface area contributed by atoms with E-state index in [1.54, 1.807) is 85.1 Å². The zero-order chi connectivity index (χ0) is 61.3. The molecule has 13 N–H and O–H groups in total. The number of nitrogens with two attached hydrogens (primary N) is 2. The fourth-order valence-electron chi connectivity index (χ4n) is 9.65. The average molecular weight is 1170 g/mol. The van der Waals surface area contributed by atoms with E-state index in [9.17, 15) is 24.0 Å². The number of alkyl carbamates (subject to hydrolysis) is 1. The van der Waals surface area contributed by atoms with Gasteiger partial charge in [0.25, 0.3) is 11.9 Å². The van der Waals surface area contributed by atoms with Crippen molar-refractivity contribution < 1.29 is 62.8 Å². The number of ether oxygens (including phenoxy) is 2. The second-order valence-electron chi connectivity index (χ2n) is 20.3. The van der Waals surface area contributed by atoms with Crippen molar-refractivity contribution in [2.24, 2.45) is 11.5 Å². The number of benzene rings is 5. The molecule has 5 aromatic carbocycles. The summed E-state index contributed by atoms with van der Waals surface area (Å²) in [6.45, 7) is 2.78. The number of carboxylic acids is 2. The molecular weight excluding hydrogens is 1090 g/mol. The highest BCUT2D eigenvalue weighted by molar-refractivity contribution is 5.99. The quantitative estimate of drug-likeness (QED) is 0.0582. The highest BCUT2D eigenvalue weighted by Gasteiger charge is 2.45. The molecule has 7 amide bonds. The fourth-order valence-corrected chi connectivity index (χ4v) is 9.65. The molecule has 0 aliphatic carbocycles. The Morgan fingerprint density at radius 3 is 1.75 bits per heavy atom. The standard InChI is InChI=1S/C58H66N10O9.2C2H4O2/c59-27-13-12-22-46-52(69)64-47(30-38-23-25-42(26-24-38)76-36-39-16-6-2-7-17-39)53(70)66-49(31-37-14-4-1-5-15-37)57(74)68-35-43(77-58(75)61-29-28-60)33-50(68)55(72)67-51(40-18-8-3-9-19-40)56(73)65-48(54(71)63-46)32-41-34-62-45-21-11-10-20-44(41)45;2*1-2(3)4/h1-11,14-21,23-26,34,43,46-51,62H,12-13,22,27-33,35-36,59-60H2,(H,61,75)(H,63,71)(H,64,69)(H,65,73)(H,66,70)(H,67,72);2*1H3,(H,3,4)/t43-,46+,47+,48-,49+,50+,51+;;/m1../s1. The lowest BCUT2D eigenvalue weighted by Crippen LogP contribution is -2.61. The average Bonchev–Trinajstić information content (AvgIpc) is 4.26. The van der Waals surface area contributed by atoms with Crippen molar-refractivity contribution in [3.05, 3.63) is 174 Å². The molecule has 0 bridgehead atoms. The predicted molar refractivity (Wildman–Crippen MR) is 315 cm³/mol. The third kappa shape index (κ3) is 20.4. The maximum atomic E-state index is 15.3. The number of unbranched alkanes of at least 4 members (excludes halogenated alkanes) is 1. The Hall–Kier alpha value is -9.61. The van der Waals surface area contributed by atoms with Gasteiger partial charge in [0, 0.05) is 69.7 Å². The third-order valence-corrected chi connectivity index (χ3v) is 13.7. The van der Waals surface area contributed by atoms with Gasteiger partial charge in [-0.1, -0.05) is 121 Å². The summed E-state index contributed by atoms with van der Waals surface area (Å²) in [6, 6.07) is 33.6. The van der Waals surface area contributed by atoms with Crippen LogP contribution in [0.1, 0.15) is 73.4 Å². The van der Waals surface area contributed by atoms with Gasteiger partial charge >= 0.3 is 6.09 Å². The lowest BCUT2D eigenvalue weighted by Gasteiger charge is -2.32. The molecule has 23 nitrogen and oxygen atoms in total. The minimum atomic E-state index is -1.42. The number of fused-ring (bicyclic) bond motifs is 2. The van der Waals surface area contributed by atoms with E-state index in [1.807, 2.05) is 60.7 Å². The molecule has 85 heavy (non-hydrogen) atoms. The van der Waals surface area contributed by atoms with Crippen LogP contribution in [0.5, 0.6) is 5.75 Å². The number of H-pyrrole nitrogens is 1. The zero-order valence-electron chi connectivity index (χ0n) is 47.4. The van der Waals surface area contributed by atoms with Crippen LogP contribution in [0, 0.1) is 0 Å². The summed E-state index contributed by atoms with van der Waals surface area (Å²) < 4.78 is 11.8. The molecule has 3 heterocycles. The summed E-state index contributed by atoms with van der Waals surface area (Å²) in [6.07, 6.45) is 0.652. The minimum absolute atomic E-state index is 0.0385. The van der Waals surface area contributed by atoms with Gasteiger partial charge in [0.05, 0.1) is 6.54 Å².